The van der Waals surface area contributed by atoms with Crippen LogP contribution < -0.4 is 0 Å². The van der Waals surface area contributed by atoms with Gasteiger partial charge in [0.15, 0.2) is 0 Å². The summed E-state index contributed by atoms with van der Waals surface area (Å²) >= 11 is 1.71. The highest BCUT2D eigenvalue weighted by molar-refractivity contribution is 7.18. The van der Waals surface area contributed by atoms with E-state index in [0.29, 0.717) is 25.9 Å². The van der Waals surface area contributed by atoms with Gasteiger partial charge in [0.25, 0.3) is 0 Å². The number of carboxylic acid groups (broad SMARTS) is 1. The SMILES string of the molecule is O=C(O)[C@H]1CCN(C(=O)CCCCc2nc3ccccc3s2)C1. The molecule has 1 N–H and O–H groups in total. The third-order valence-corrected chi connectivity index (χ3v) is 5.36. The molecular weight excluding hydrogens is 312 g/mol. The largest absolute Gasteiger partial charge is 0.481 e. The fourth-order valence-electron chi connectivity index (χ4n) is 2.93. The lowest BCUT2D eigenvalue weighted by molar-refractivity contribution is -0.141. The zero-order valence-electron chi connectivity index (χ0n) is 12.9. The summed E-state index contributed by atoms with van der Waals surface area (Å²) in [5.41, 5.74) is 1.04. The van der Waals surface area contributed by atoms with E-state index >= 15 is 0 Å². The van der Waals surface area contributed by atoms with Gasteiger partial charge < -0.3 is 10.0 Å². The zero-order valence-corrected chi connectivity index (χ0v) is 13.7. The van der Waals surface area contributed by atoms with Gasteiger partial charge in [0.2, 0.25) is 5.91 Å². The first-order valence-electron chi connectivity index (χ1n) is 7.98. The molecule has 6 heteroatoms. The Hall–Kier alpha value is -1.95. The van der Waals surface area contributed by atoms with E-state index in [-0.39, 0.29) is 11.8 Å². The van der Waals surface area contributed by atoms with Crippen molar-refractivity contribution in [2.45, 2.75) is 32.1 Å². The first kappa shape index (κ1) is 15.9. The maximum absolute atomic E-state index is 12.1. The van der Waals surface area contributed by atoms with Crippen LogP contribution in [0, 0.1) is 5.92 Å². The van der Waals surface area contributed by atoms with Crippen LogP contribution >= 0.6 is 11.3 Å². The Morgan fingerprint density at radius 3 is 2.87 bits per heavy atom. The lowest BCUT2D eigenvalue weighted by atomic mass is 10.1. The first-order valence-corrected chi connectivity index (χ1v) is 8.80. The number of carbonyl (C=O) groups excluding carboxylic acids is 1. The number of aryl methyl sites for hydroxylation is 1. The van der Waals surface area contributed by atoms with Gasteiger partial charge in [-0.25, -0.2) is 4.98 Å². The van der Waals surface area contributed by atoms with Crippen LogP contribution in [-0.2, 0) is 16.0 Å². The minimum absolute atomic E-state index is 0.0815. The smallest absolute Gasteiger partial charge is 0.308 e. The molecule has 1 amide bonds. The lowest BCUT2D eigenvalue weighted by Crippen LogP contribution is -2.29. The molecule has 0 unspecified atom stereocenters. The summed E-state index contributed by atoms with van der Waals surface area (Å²) in [5.74, 6) is -1.10. The Morgan fingerprint density at radius 2 is 2.13 bits per heavy atom. The van der Waals surface area contributed by atoms with Gasteiger partial charge in [0.05, 0.1) is 21.1 Å². The van der Waals surface area contributed by atoms with Crippen molar-refractivity contribution in [3.63, 3.8) is 0 Å². The molecule has 122 valence electrons. The molecule has 1 aromatic carbocycles. The molecule has 1 aliphatic rings. The Morgan fingerprint density at radius 1 is 1.30 bits per heavy atom. The van der Waals surface area contributed by atoms with Gasteiger partial charge in [0, 0.05) is 19.5 Å². The number of aliphatic carboxylic acids is 1. The molecular formula is C17H20N2O3S. The highest BCUT2D eigenvalue weighted by Gasteiger charge is 2.30. The number of hydrogen-bond donors (Lipinski definition) is 1. The highest BCUT2D eigenvalue weighted by atomic mass is 32.1. The van der Waals surface area contributed by atoms with E-state index in [2.05, 4.69) is 11.1 Å². The summed E-state index contributed by atoms with van der Waals surface area (Å²) < 4.78 is 1.20. The van der Waals surface area contributed by atoms with Crippen LogP contribution in [0.4, 0.5) is 0 Å². The average molecular weight is 332 g/mol. The normalized spacial score (nSPS) is 17.7. The molecule has 0 saturated carbocycles. The molecule has 3 rings (SSSR count). The van der Waals surface area contributed by atoms with Crippen molar-refractivity contribution in [2.24, 2.45) is 5.92 Å². The van der Waals surface area contributed by atoms with E-state index in [4.69, 9.17) is 5.11 Å². The third-order valence-electron chi connectivity index (χ3n) is 4.26. The molecule has 5 nitrogen and oxygen atoms in total. The van der Waals surface area contributed by atoms with E-state index in [1.807, 2.05) is 18.2 Å². The number of hydrogen-bond acceptors (Lipinski definition) is 4. The van der Waals surface area contributed by atoms with Crippen molar-refractivity contribution >= 4 is 33.4 Å². The Kier molecular flexibility index (Phi) is 4.91. The maximum atomic E-state index is 12.1. The fraction of sp³-hybridized carbons (Fsp3) is 0.471. The maximum Gasteiger partial charge on any atom is 0.308 e. The second-order valence-electron chi connectivity index (χ2n) is 5.95. The number of fused-ring (bicyclic) bond motifs is 1. The number of benzene rings is 1. The van der Waals surface area contributed by atoms with E-state index in [1.54, 1.807) is 16.2 Å². The number of para-hydroxylation sites is 1. The Balaban J connectivity index is 1.41. The Bertz CT molecular complexity index is 680. The summed E-state index contributed by atoms with van der Waals surface area (Å²) in [4.78, 5) is 29.3. The summed E-state index contributed by atoms with van der Waals surface area (Å²) in [7, 11) is 0. The number of nitrogens with zero attached hydrogens (tertiary/aromatic N) is 2. The number of rotatable bonds is 6. The van der Waals surface area contributed by atoms with Crippen molar-refractivity contribution < 1.29 is 14.7 Å². The van der Waals surface area contributed by atoms with Crippen LogP contribution in [0.2, 0.25) is 0 Å². The van der Waals surface area contributed by atoms with Crippen molar-refractivity contribution in [1.82, 2.24) is 9.88 Å². The second-order valence-corrected chi connectivity index (χ2v) is 7.06. The van der Waals surface area contributed by atoms with Gasteiger partial charge in [-0.2, -0.15) is 0 Å². The minimum atomic E-state index is -0.795. The number of likely N-dealkylation sites (tertiary alicyclic amines) is 1. The number of carboxylic acids is 1. The number of unbranched alkanes of at least 4 members (excludes halogenated alkanes) is 1. The Labute approximate surface area is 138 Å². The van der Waals surface area contributed by atoms with E-state index < -0.39 is 5.97 Å². The van der Waals surface area contributed by atoms with Crippen LogP contribution in [0.1, 0.15) is 30.7 Å². The number of aromatic nitrogens is 1. The van der Waals surface area contributed by atoms with E-state index in [0.717, 1.165) is 29.8 Å². The molecule has 1 fully saturated rings. The predicted molar refractivity (Wildman–Crippen MR) is 89.5 cm³/mol. The van der Waals surface area contributed by atoms with Gasteiger partial charge in [-0.1, -0.05) is 12.1 Å². The third kappa shape index (κ3) is 3.88. The number of thiazole rings is 1. The molecule has 0 aliphatic carbocycles. The lowest BCUT2D eigenvalue weighted by Gasteiger charge is -2.15. The van der Waals surface area contributed by atoms with E-state index in [1.165, 1.54) is 4.70 Å². The van der Waals surface area contributed by atoms with Crippen LogP contribution in [0.15, 0.2) is 24.3 Å². The molecule has 0 spiro atoms. The fourth-order valence-corrected chi connectivity index (χ4v) is 3.93. The standard InChI is InChI=1S/C17H20N2O3S/c20-16(19-10-9-12(11-19)17(21)22)8-4-3-7-15-18-13-5-1-2-6-14(13)23-15/h1-2,5-6,12H,3-4,7-11H2,(H,21,22)/t12-/m0/s1. The van der Waals surface area contributed by atoms with Crippen molar-refractivity contribution in [2.75, 3.05) is 13.1 Å². The monoisotopic (exact) mass is 332 g/mol. The van der Waals surface area contributed by atoms with Crippen LogP contribution in [0.3, 0.4) is 0 Å². The number of carbonyl (C=O) groups is 2. The number of amides is 1. The molecule has 1 atom stereocenters. The van der Waals surface area contributed by atoms with Gasteiger partial charge in [-0.3, -0.25) is 9.59 Å². The van der Waals surface area contributed by atoms with Crippen LogP contribution in [0.25, 0.3) is 10.2 Å². The molecule has 2 heterocycles. The minimum Gasteiger partial charge on any atom is -0.481 e. The quantitative estimate of drug-likeness (QED) is 0.826. The zero-order chi connectivity index (χ0) is 16.2. The highest BCUT2D eigenvalue weighted by Crippen LogP contribution is 2.23. The summed E-state index contributed by atoms with van der Waals surface area (Å²) in [6, 6.07) is 8.10. The molecule has 1 saturated heterocycles. The molecule has 1 aromatic heterocycles. The summed E-state index contributed by atoms with van der Waals surface area (Å²) in [5, 5.41) is 10.1. The molecule has 1 aliphatic heterocycles. The van der Waals surface area contributed by atoms with Gasteiger partial charge in [0.1, 0.15) is 0 Å². The van der Waals surface area contributed by atoms with Crippen molar-refractivity contribution in [1.29, 1.82) is 0 Å². The van der Waals surface area contributed by atoms with Crippen molar-refractivity contribution in [3.8, 4) is 0 Å². The second kappa shape index (κ2) is 7.08. The average Bonchev–Trinajstić information content (AvgIpc) is 3.17. The molecule has 0 radical (unpaired) electrons. The molecule has 23 heavy (non-hydrogen) atoms. The first-order chi connectivity index (χ1) is 11.1. The molecule has 2 aromatic rings. The summed E-state index contributed by atoms with van der Waals surface area (Å²) in [6.07, 6.45) is 3.72. The van der Waals surface area contributed by atoms with Gasteiger partial charge in [-0.15, -0.1) is 11.3 Å². The summed E-state index contributed by atoms with van der Waals surface area (Å²) in [6.45, 7) is 0.944. The van der Waals surface area contributed by atoms with Crippen LogP contribution in [0.5, 0.6) is 0 Å². The van der Waals surface area contributed by atoms with Crippen LogP contribution in [-0.4, -0.2) is 40.0 Å². The van der Waals surface area contributed by atoms with E-state index in [9.17, 15) is 9.59 Å². The topological polar surface area (TPSA) is 70.5 Å². The van der Waals surface area contributed by atoms with Gasteiger partial charge >= 0.3 is 5.97 Å². The van der Waals surface area contributed by atoms with Gasteiger partial charge in [-0.05, 0) is 37.8 Å². The van der Waals surface area contributed by atoms with Crippen molar-refractivity contribution in [3.05, 3.63) is 29.3 Å². The predicted octanol–water partition coefficient (Wildman–Crippen LogP) is 2.94. The molecule has 0 bridgehead atoms.